The molecule has 0 unspecified atom stereocenters. The monoisotopic (exact) mass is 280 g/mol. The molecule has 0 aliphatic carbocycles. The van der Waals surface area contributed by atoms with Crippen molar-refractivity contribution in [2.45, 2.75) is 17.7 Å². The van der Waals surface area contributed by atoms with Crippen molar-refractivity contribution in [3.63, 3.8) is 0 Å². The highest BCUT2D eigenvalue weighted by molar-refractivity contribution is 7.89. The molecule has 0 aromatic heterocycles. The number of nitrogens with two attached hydrogens (primary N) is 1. The fourth-order valence-corrected chi connectivity index (χ4v) is 2.59. The van der Waals surface area contributed by atoms with Gasteiger partial charge in [-0.3, -0.25) is 0 Å². The molecule has 4 N–H and O–H groups in total. The number of halogens is 2. The van der Waals surface area contributed by atoms with Crippen molar-refractivity contribution >= 4 is 15.7 Å². The van der Waals surface area contributed by atoms with Crippen molar-refractivity contribution in [2.75, 3.05) is 18.9 Å². The van der Waals surface area contributed by atoms with E-state index in [1.54, 1.807) is 4.72 Å². The fraction of sp³-hybridized carbons (Fsp3) is 0.400. The molecule has 0 amide bonds. The Morgan fingerprint density at radius 2 is 2.06 bits per heavy atom. The van der Waals surface area contributed by atoms with Gasteiger partial charge in [0.2, 0.25) is 10.0 Å². The van der Waals surface area contributed by atoms with Gasteiger partial charge in [-0.25, -0.2) is 21.9 Å². The van der Waals surface area contributed by atoms with Crippen LogP contribution < -0.4 is 10.5 Å². The highest BCUT2D eigenvalue weighted by atomic mass is 32.2. The van der Waals surface area contributed by atoms with Crippen LogP contribution in [0.15, 0.2) is 23.1 Å². The van der Waals surface area contributed by atoms with E-state index in [-0.39, 0.29) is 16.1 Å². The number of hydrogen-bond donors (Lipinski definition) is 3. The second-order valence-electron chi connectivity index (χ2n) is 3.81. The maximum absolute atomic E-state index is 12.8. The highest BCUT2D eigenvalue weighted by Gasteiger charge is 2.30. The van der Waals surface area contributed by atoms with Crippen molar-refractivity contribution in [1.29, 1.82) is 0 Å². The van der Waals surface area contributed by atoms with Gasteiger partial charge in [0, 0.05) is 5.69 Å². The molecular weight excluding hydrogens is 266 g/mol. The lowest BCUT2D eigenvalue weighted by Gasteiger charge is -2.15. The third kappa shape index (κ3) is 3.37. The number of aliphatic hydroxyl groups excluding tert-OH is 1. The highest BCUT2D eigenvalue weighted by Crippen LogP contribution is 2.21. The first kappa shape index (κ1) is 14.8. The summed E-state index contributed by atoms with van der Waals surface area (Å²) in [4.78, 5) is -0.156. The van der Waals surface area contributed by atoms with Crippen molar-refractivity contribution in [3.05, 3.63) is 23.8 Å². The van der Waals surface area contributed by atoms with Gasteiger partial charge < -0.3 is 10.8 Å². The van der Waals surface area contributed by atoms with Crippen LogP contribution in [-0.2, 0) is 10.0 Å². The summed E-state index contributed by atoms with van der Waals surface area (Å²) < 4.78 is 50.9. The zero-order valence-corrected chi connectivity index (χ0v) is 10.5. The summed E-state index contributed by atoms with van der Waals surface area (Å²) in [6.07, 6.45) is 0. The molecule has 0 spiro atoms. The molecule has 0 radical (unpaired) electrons. The van der Waals surface area contributed by atoms with Gasteiger partial charge in [0.25, 0.3) is 5.92 Å². The number of sulfonamides is 1. The molecule has 0 fully saturated rings. The van der Waals surface area contributed by atoms with E-state index in [2.05, 4.69) is 0 Å². The molecule has 8 heteroatoms. The van der Waals surface area contributed by atoms with E-state index in [0.717, 1.165) is 0 Å². The Kier molecular flexibility index (Phi) is 4.25. The average Bonchev–Trinajstić information content (AvgIpc) is 2.30. The van der Waals surface area contributed by atoms with Crippen molar-refractivity contribution < 1.29 is 22.3 Å². The van der Waals surface area contributed by atoms with Crippen LogP contribution in [0.1, 0.15) is 5.56 Å². The third-order valence-corrected chi connectivity index (χ3v) is 3.91. The van der Waals surface area contributed by atoms with Crippen LogP contribution in [0, 0.1) is 6.92 Å². The number of aliphatic hydroxyl groups is 1. The first-order chi connectivity index (χ1) is 8.19. The van der Waals surface area contributed by atoms with Crippen LogP contribution >= 0.6 is 0 Å². The molecule has 0 atom stereocenters. The molecule has 0 saturated heterocycles. The minimum absolute atomic E-state index is 0.156. The normalized spacial score (nSPS) is 12.7. The molecule has 0 saturated carbocycles. The number of anilines is 1. The number of hydrogen-bond acceptors (Lipinski definition) is 4. The maximum atomic E-state index is 12.8. The lowest BCUT2D eigenvalue weighted by molar-refractivity contribution is -0.0437. The molecule has 0 bridgehead atoms. The van der Waals surface area contributed by atoms with Gasteiger partial charge in [-0.2, -0.15) is 0 Å². The van der Waals surface area contributed by atoms with Crippen molar-refractivity contribution in [1.82, 2.24) is 4.72 Å². The van der Waals surface area contributed by atoms with Gasteiger partial charge in [0.1, 0.15) is 6.61 Å². The SMILES string of the molecule is Cc1c(N)cccc1S(=O)(=O)NCC(F)(F)CO. The van der Waals surface area contributed by atoms with Gasteiger partial charge >= 0.3 is 0 Å². The Morgan fingerprint density at radius 3 is 2.61 bits per heavy atom. The lowest BCUT2D eigenvalue weighted by Crippen LogP contribution is -2.39. The van der Waals surface area contributed by atoms with Crippen LogP contribution in [0.4, 0.5) is 14.5 Å². The third-order valence-electron chi connectivity index (χ3n) is 2.37. The van der Waals surface area contributed by atoms with Crippen LogP contribution in [0.5, 0.6) is 0 Å². The molecule has 18 heavy (non-hydrogen) atoms. The minimum Gasteiger partial charge on any atom is -0.398 e. The number of alkyl halides is 2. The summed E-state index contributed by atoms with van der Waals surface area (Å²) in [5.41, 5.74) is 6.09. The second-order valence-corrected chi connectivity index (χ2v) is 5.54. The fourth-order valence-electron chi connectivity index (χ4n) is 1.26. The van der Waals surface area contributed by atoms with Crippen LogP contribution in [-0.4, -0.2) is 32.6 Å². The van der Waals surface area contributed by atoms with Crippen LogP contribution in [0.3, 0.4) is 0 Å². The topological polar surface area (TPSA) is 92.4 Å². The van der Waals surface area contributed by atoms with Crippen molar-refractivity contribution in [2.24, 2.45) is 0 Å². The predicted molar refractivity (Wildman–Crippen MR) is 62.8 cm³/mol. The van der Waals surface area contributed by atoms with Gasteiger partial charge in [0.15, 0.2) is 0 Å². The first-order valence-electron chi connectivity index (χ1n) is 5.03. The van der Waals surface area contributed by atoms with E-state index in [1.807, 2.05) is 0 Å². The van der Waals surface area contributed by atoms with E-state index in [4.69, 9.17) is 10.8 Å². The van der Waals surface area contributed by atoms with E-state index >= 15 is 0 Å². The Balaban J connectivity index is 2.98. The Morgan fingerprint density at radius 1 is 1.44 bits per heavy atom. The molecule has 1 aromatic rings. The van der Waals surface area contributed by atoms with E-state index in [9.17, 15) is 17.2 Å². The second kappa shape index (κ2) is 5.17. The molecule has 102 valence electrons. The number of benzene rings is 1. The zero-order chi connectivity index (χ0) is 14.0. The minimum atomic E-state index is -4.08. The number of rotatable bonds is 5. The number of nitrogens with one attached hydrogen (secondary N) is 1. The maximum Gasteiger partial charge on any atom is 0.283 e. The predicted octanol–water partition coefficient (Wildman–Crippen LogP) is 0.483. The van der Waals surface area contributed by atoms with Crippen LogP contribution in [0.25, 0.3) is 0 Å². The smallest absolute Gasteiger partial charge is 0.283 e. The van der Waals surface area contributed by atoms with Gasteiger partial charge in [0.05, 0.1) is 11.4 Å². The Bertz CT molecular complexity index is 532. The molecule has 0 aliphatic rings. The van der Waals surface area contributed by atoms with Gasteiger partial charge in [-0.05, 0) is 24.6 Å². The molecule has 0 aliphatic heterocycles. The summed E-state index contributed by atoms with van der Waals surface area (Å²) in [5.74, 6) is -3.50. The van der Waals surface area contributed by atoms with Crippen LogP contribution in [0.2, 0.25) is 0 Å². The summed E-state index contributed by atoms with van der Waals surface area (Å²) >= 11 is 0. The summed E-state index contributed by atoms with van der Waals surface area (Å²) in [7, 11) is -4.08. The summed E-state index contributed by atoms with van der Waals surface area (Å²) in [5, 5.41) is 8.36. The average molecular weight is 280 g/mol. The van der Waals surface area contributed by atoms with E-state index in [0.29, 0.717) is 0 Å². The van der Waals surface area contributed by atoms with Gasteiger partial charge in [-0.1, -0.05) is 6.07 Å². The Labute approximate surface area is 104 Å². The summed E-state index contributed by atoms with van der Waals surface area (Å²) in [6.45, 7) is -1.11. The molecule has 0 heterocycles. The molecule has 1 aromatic carbocycles. The largest absolute Gasteiger partial charge is 0.398 e. The molecule has 1 rings (SSSR count). The lowest BCUT2D eigenvalue weighted by atomic mass is 10.2. The van der Waals surface area contributed by atoms with E-state index in [1.165, 1.54) is 25.1 Å². The van der Waals surface area contributed by atoms with Crippen molar-refractivity contribution in [3.8, 4) is 0 Å². The molecule has 5 nitrogen and oxygen atoms in total. The Hall–Kier alpha value is -1.25. The van der Waals surface area contributed by atoms with E-state index < -0.39 is 29.1 Å². The summed E-state index contributed by atoms with van der Waals surface area (Å²) in [6, 6.07) is 4.20. The standard InChI is InChI=1S/C10H14F2N2O3S/c1-7-8(13)3-2-4-9(7)18(16,17)14-5-10(11,12)6-15/h2-4,14-15H,5-6,13H2,1H3. The zero-order valence-electron chi connectivity index (χ0n) is 9.65. The molecular formula is C10H14F2N2O3S. The van der Waals surface area contributed by atoms with Gasteiger partial charge in [-0.15, -0.1) is 0 Å². The quantitative estimate of drug-likeness (QED) is 0.684. The first-order valence-corrected chi connectivity index (χ1v) is 6.51. The number of nitrogen functional groups attached to an aromatic ring is 1.